The van der Waals surface area contributed by atoms with Gasteiger partial charge in [-0.2, -0.15) is 0 Å². The number of hydrogen-bond donors (Lipinski definition) is 2. The molecule has 2 amide bonds. The fourth-order valence-electron chi connectivity index (χ4n) is 1.83. The second kappa shape index (κ2) is 6.22. The number of rotatable bonds is 4. The van der Waals surface area contributed by atoms with Crippen molar-refractivity contribution in [1.29, 1.82) is 0 Å². The average molecular weight is 264 g/mol. The average Bonchev–Trinajstić information content (AvgIpc) is 2.27. The van der Waals surface area contributed by atoms with Crippen LogP contribution in [0.1, 0.15) is 29.8 Å². The van der Waals surface area contributed by atoms with Gasteiger partial charge in [-0.3, -0.25) is 0 Å². The summed E-state index contributed by atoms with van der Waals surface area (Å²) in [4.78, 5) is 24.4. The molecule has 0 aliphatic rings. The second-order valence-electron chi connectivity index (χ2n) is 5.04. The Hall–Kier alpha value is -2.04. The Labute approximate surface area is 113 Å². The van der Waals surface area contributed by atoms with Crippen LogP contribution >= 0.6 is 0 Å². The molecule has 0 unspecified atom stereocenters. The minimum absolute atomic E-state index is 0.198. The Balaban J connectivity index is 2.75. The summed E-state index contributed by atoms with van der Waals surface area (Å²) in [6.45, 7) is 6.44. The van der Waals surface area contributed by atoms with E-state index < -0.39 is 5.97 Å². The second-order valence-corrected chi connectivity index (χ2v) is 5.04. The number of benzene rings is 1. The minimum Gasteiger partial charge on any atom is -0.478 e. The Bertz CT molecular complexity index is 484. The van der Waals surface area contributed by atoms with Crippen molar-refractivity contribution >= 4 is 17.7 Å². The van der Waals surface area contributed by atoms with Crippen molar-refractivity contribution in [3.8, 4) is 0 Å². The molecule has 0 bridgehead atoms. The Morgan fingerprint density at radius 3 is 2.47 bits per heavy atom. The molecule has 5 heteroatoms. The summed E-state index contributed by atoms with van der Waals surface area (Å²) < 4.78 is 0. The third kappa shape index (κ3) is 4.28. The molecule has 0 aliphatic carbocycles. The van der Waals surface area contributed by atoms with E-state index in [-0.39, 0.29) is 11.6 Å². The Morgan fingerprint density at radius 1 is 1.37 bits per heavy atom. The first-order chi connectivity index (χ1) is 8.81. The zero-order valence-electron chi connectivity index (χ0n) is 11.7. The molecular weight excluding hydrogens is 244 g/mol. The minimum atomic E-state index is -0.965. The van der Waals surface area contributed by atoms with Gasteiger partial charge in [-0.05, 0) is 36.6 Å². The normalized spacial score (nSPS) is 10.4. The maximum Gasteiger partial charge on any atom is 0.335 e. The molecular formula is C14H20N2O3. The van der Waals surface area contributed by atoms with E-state index in [4.69, 9.17) is 5.11 Å². The van der Waals surface area contributed by atoms with Gasteiger partial charge in [0.15, 0.2) is 0 Å². The molecule has 1 aromatic carbocycles. The number of aromatic carboxylic acids is 1. The molecule has 0 aromatic heterocycles. The van der Waals surface area contributed by atoms with E-state index in [1.54, 1.807) is 31.0 Å². The molecule has 0 fully saturated rings. The van der Waals surface area contributed by atoms with Gasteiger partial charge >= 0.3 is 12.0 Å². The van der Waals surface area contributed by atoms with Crippen LogP contribution in [0.25, 0.3) is 0 Å². The van der Waals surface area contributed by atoms with Crippen LogP contribution in [0.15, 0.2) is 18.2 Å². The number of nitrogens with zero attached hydrogens (tertiary/aromatic N) is 1. The summed E-state index contributed by atoms with van der Waals surface area (Å²) in [5, 5.41) is 11.7. The molecule has 0 saturated heterocycles. The molecule has 0 aliphatic heterocycles. The van der Waals surface area contributed by atoms with Crippen LogP contribution in [0.2, 0.25) is 0 Å². The van der Waals surface area contributed by atoms with Crippen LogP contribution in [0, 0.1) is 12.8 Å². The lowest BCUT2D eigenvalue weighted by Gasteiger charge is -2.20. The number of carbonyl (C=O) groups excluding carboxylic acids is 1. The number of nitrogens with one attached hydrogen (secondary N) is 1. The molecule has 0 spiro atoms. The van der Waals surface area contributed by atoms with Gasteiger partial charge in [-0.15, -0.1) is 0 Å². The van der Waals surface area contributed by atoms with Gasteiger partial charge in [0.1, 0.15) is 0 Å². The van der Waals surface area contributed by atoms with Crippen molar-refractivity contribution in [2.24, 2.45) is 5.92 Å². The first-order valence-electron chi connectivity index (χ1n) is 6.17. The third-order valence-electron chi connectivity index (χ3n) is 2.69. The summed E-state index contributed by atoms with van der Waals surface area (Å²) in [6.07, 6.45) is 0. The van der Waals surface area contributed by atoms with E-state index in [1.807, 2.05) is 13.8 Å². The summed E-state index contributed by atoms with van der Waals surface area (Å²) >= 11 is 0. The lowest BCUT2D eigenvalue weighted by atomic mass is 10.1. The predicted molar refractivity (Wildman–Crippen MR) is 74.6 cm³/mol. The first-order valence-corrected chi connectivity index (χ1v) is 6.17. The van der Waals surface area contributed by atoms with E-state index in [9.17, 15) is 9.59 Å². The monoisotopic (exact) mass is 264 g/mol. The fraction of sp³-hybridized carbons (Fsp3) is 0.429. The Kier molecular flexibility index (Phi) is 4.92. The van der Waals surface area contributed by atoms with Crippen molar-refractivity contribution in [3.63, 3.8) is 0 Å². The number of aryl methyl sites for hydroxylation is 1. The van der Waals surface area contributed by atoms with E-state index in [1.165, 1.54) is 6.07 Å². The van der Waals surface area contributed by atoms with Crippen LogP contribution in [-0.2, 0) is 0 Å². The standard InChI is InChI=1S/C14H20N2O3/c1-9(2)8-16(4)14(19)15-11-5-6-12(13(17)18)10(3)7-11/h5-7,9H,8H2,1-4H3,(H,15,19)(H,17,18). The molecule has 0 saturated carbocycles. The quantitative estimate of drug-likeness (QED) is 0.878. The van der Waals surface area contributed by atoms with Gasteiger partial charge < -0.3 is 15.3 Å². The molecule has 0 atom stereocenters. The molecule has 1 aromatic rings. The largest absolute Gasteiger partial charge is 0.478 e. The van der Waals surface area contributed by atoms with Crippen molar-refractivity contribution in [3.05, 3.63) is 29.3 Å². The number of urea groups is 1. The van der Waals surface area contributed by atoms with Gasteiger partial charge in [-0.1, -0.05) is 13.8 Å². The van der Waals surface area contributed by atoms with Gasteiger partial charge in [0.05, 0.1) is 5.56 Å². The SMILES string of the molecule is Cc1cc(NC(=O)N(C)CC(C)C)ccc1C(=O)O. The molecule has 0 radical (unpaired) electrons. The van der Waals surface area contributed by atoms with Crippen molar-refractivity contribution in [1.82, 2.24) is 4.90 Å². The number of carboxylic acid groups (broad SMARTS) is 1. The maximum atomic E-state index is 11.9. The number of carboxylic acids is 1. The highest BCUT2D eigenvalue weighted by atomic mass is 16.4. The van der Waals surface area contributed by atoms with Crippen LogP contribution in [-0.4, -0.2) is 35.6 Å². The highest BCUT2D eigenvalue weighted by molar-refractivity contribution is 5.92. The number of anilines is 1. The zero-order valence-corrected chi connectivity index (χ0v) is 11.7. The summed E-state index contributed by atoms with van der Waals surface area (Å²) in [5.41, 5.74) is 1.47. The smallest absolute Gasteiger partial charge is 0.335 e. The molecule has 0 heterocycles. The lowest BCUT2D eigenvalue weighted by Crippen LogP contribution is -2.34. The van der Waals surface area contributed by atoms with Crippen LogP contribution in [0.5, 0.6) is 0 Å². The zero-order chi connectivity index (χ0) is 14.6. The van der Waals surface area contributed by atoms with Crippen LogP contribution in [0.4, 0.5) is 10.5 Å². The van der Waals surface area contributed by atoms with E-state index in [0.717, 1.165) is 0 Å². The number of carbonyl (C=O) groups is 2. The van der Waals surface area contributed by atoms with E-state index in [2.05, 4.69) is 5.32 Å². The summed E-state index contributed by atoms with van der Waals surface area (Å²) in [7, 11) is 1.73. The predicted octanol–water partition coefficient (Wildman–Crippen LogP) is 2.81. The van der Waals surface area contributed by atoms with E-state index >= 15 is 0 Å². The summed E-state index contributed by atoms with van der Waals surface area (Å²) in [5.74, 6) is -0.570. The maximum absolute atomic E-state index is 11.9. The van der Waals surface area contributed by atoms with Gasteiger partial charge in [0.25, 0.3) is 0 Å². The highest BCUT2D eigenvalue weighted by Crippen LogP contribution is 2.15. The van der Waals surface area contributed by atoms with Crippen LogP contribution < -0.4 is 5.32 Å². The molecule has 1 rings (SSSR count). The number of amides is 2. The molecule has 104 valence electrons. The lowest BCUT2D eigenvalue weighted by molar-refractivity contribution is 0.0696. The van der Waals surface area contributed by atoms with Gasteiger partial charge in [-0.25, -0.2) is 9.59 Å². The third-order valence-corrected chi connectivity index (χ3v) is 2.69. The molecule has 19 heavy (non-hydrogen) atoms. The Morgan fingerprint density at radius 2 is 2.00 bits per heavy atom. The fourth-order valence-corrected chi connectivity index (χ4v) is 1.83. The van der Waals surface area contributed by atoms with Gasteiger partial charge in [0, 0.05) is 19.3 Å². The molecule has 2 N–H and O–H groups in total. The van der Waals surface area contributed by atoms with E-state index in [0.29, 0.717) is 23.7 Å². The first kappa shape index (κ1) is 15.0. The van der Waals surface area contributed by atoms with Crippen molar-refractivity contribution in [2.75, 3.05) is 18.9 Å². The summed E-state index contributed by atoms with van der Waals surface area (Å²) in [6, 6.07) is 4.55. The number of hydrogen-bond acceptors (Lipinski definition) is 2. The molecule has 5 nitrogen and oxygen atoms in total. The topological polar surface area (TPSA) is 69.6 Å². The van der Waals surface area contributed by atoms with Crippen LogP contribution in [0.3, 0.4) is 0 Å². The van der Waals surface area contributed by atoms with Crippen molar-refractivity contribution in [2.45, 2.75) is 20.8 Å². The van der Waals surface area contributed by atoms with Gasteiger partial charge in [0.2, 0.25) is 0 Å². The van der Waals surface area contributed by atoms with Crippen molar-refractivity contribution < 1.29 is 14.7 Å². The highest BCUT2D eigenvalue weighted by Gasteiger charge is 2.12.